The Balaban J connectivity index is 1.51. The van der Waals surface area contributed by atoms with Gasteiger partial charge in [-0.15, -0.1) is 5.10 Å². The molecule has 5 aromatic rings. The minimum absolute atomic E-state index is 0.0822. The fourth-order valence-electron chi connectivity index (χ4n) is 4.75. The van der Waals surface area contributed by atoms with Gasteiger partial charge in [0, 0.05) is 17.5 Å². The van der Waals surface area contributed by atoms with Gasteiger partial charge < -0.3 is 0 Å². The van der Waals surface area contributed by atoms with E-state index in [-0.39, 0.29) is 11.6 Å². The van der Waals surface area contributed by atoms with Crippen LogP contribution in [0.15, 0.2) is 77.7 Å². The highest BCUT2D eigenvalue weighted by atomic mass is 19.1. The third-order valence-electron chi connectivity index (χ3n) is 6.58. The van der Waals surface area contributed by atoms with Gasteiger partial charge in [-0.25, -0.2) is 14.3 Å². The Morgan fingerprint density at radius 2 is 1.73 bits per heavy atom. The minimum atomic E-state index is -0.390. The zero-order valence-electron chi connectivity index (χ0n) is 21.1. The summed E-state index contributed by atoms with van der Waals surface area (Å²) < 4.78 is 18.2. The van der Waals surface area contributed by atoms with Crippen LogP contribution in [0.5, 0.6) is 0 Å². The van der Waals surface area contributed by atoms with Crippen LogP contribution in [0.4, 0.5) is 4.39 Å². The second-order valence-corrected chi connectivity index (χ2v) is 9.43. The van der Waals surface area contributed by atoms with Crippen molar-refractivity contribution in [2.24, 2.45) is 0 Å². The van der Waals surface area contributed by atoms with E-state index in [1.807, 2.05) is 68.4 Å². The molecule has 0 amide bonds. The van der Waals surface area contributed by atoms with Crippen molar-refractivity contribution in [3.63, 3.8) is 0 Å². The first-order valence-corrected chi connectivity index (χ1v) is 12.5. The number of hydrogen-bond donors (Lipinski definition) is 1. The molecule has 0 saturated carbocycles. The van der Waals surface area contributed by atoms with Gasteiger partial charge in [0.2, 0.25) is 0 Å². The number of nitrogens with zero attached hydrogens (tertiary/aromatic N) is 5. The number of rotatable bonds is 8. The highest BCUT2D eigenvalue weighted by molar-refractivity contribution is 5.80. The van der Waals surface area contributed by atoms with Crippen molar-refractivity contribution in [2.45, 2.75) is 46.1 Å². The van der Waals surface area contributed by atoms with Crippen molar-refractivity contribution >= 4 is 0 Å². The minimum Gasteiger partial charge on any atom is -0.292 e. The molecule has 0 radical (unpaired) electrons. The molecule has 0 unspecified atom stereocenters. The third-order valence-corrected chi connectivity index (χ3v) is 6.58. The predicted molar refractivity (Wildman–Crippen MR) is 142 cm³/mol. The summed E-state index contributed by atoms with van der Waals surface area (Å²) in [6.45, 7) is 6.49. The monoisotopic (exact) mass is 496 g/mol. The normalized spacial score (nSPS) is 11.4. The van der Waals surface area contributed by atoms with E-state index in [9.17, 15) is 9.18 Å². The second kappa shape index (κ2) is 10.3. The fourth-order valence-corrected chi connectivity index (χ4v) is 4.75. The number of tetrazole rings is 1. The Labute approximate surface area is 214 Å². The Hall–Kier alpha value is -4.33. The first-order chi connectivity index (χ1) is 18.0. The van der Waals surface area contributed by atoms with Crippen molar-refractivity contribution in [3.8, 4) is 28.2 Å². The lowest BCUT2D eigenvalue weighted by Crippen LogP contribution is -2.26. The summed E-state index contributed by atoms with van der Waals surface area (Å²) in [7, 11) is 0. The summed E-state index contributed by atoms with van der Waals surface area (Å²) in [4.78, 5) is 13.6. The number of aromatic amines is 1. The van der Waals surface area contributed by atoms with E-state index in [1.165, 1.54) is 10.6 Å². The molecule has 0 aliphatic heterocycles. The van der Waals surface area contributed by atoms with Crippen LogP contribution in [0.3, 0.4) is 0 Å². The molecule has 7 nitrogen and oxygen atoms in total. The molecular weight excluding hydrogens is 467 g/mol. The molecule has 5 rings (SSSR count). The molecule has 0 bridgehead atoms. The van der Waals surface area contributed by atoms with Crippen LogP contribution in [-0.4, -0.2) is 29.8 Å². The van der Waals surface area contributed by atoms with Crippen LogP contribution in [-0.2, 0) is 13.0 Å². The maximum atomic E-state index is 15.0. The van der Waals surface area contributed by atoms with Gasteiger partial charge in [0.25, 0.3) is 0 Å². The summed E-state index contributed by atoms with van der Waals surface area (Å²) in [6.07, 6.45) is 3.40. The van der Waals surface area contributed by atoms with Crippen molar-refractivity contribution in [3.05, 3.63) is 106 Å². The van der Waals surface area contributed by atoms with Crippen molar-refractivity contribution < 1.29 is 4.39 Å². The lowest BCUT2D eigenvalue weighted by molar-refractivity contribution is 0.607. The summed E-state index contributed by atoms with van der Waals surface area (Å²) in [5.74, 6) is 0.294. The maximum Gasteiger partial charge on any atom is 0.333 e. The van der Waals surface area contributed by atoms with Gasteiger partial charge in [-0.1, -0.05) is 87.9 Å². The molecule has 3 aromatic carbocycles. The maximum absolute atomic E-state index is 15.0. The molecule has 2 aromatic heterocycles. The number of H-pyrrole nitrogens is 1. The first kappa shape index (κ1) is 24.4. The van der Waals surface area contributed by atoms with Gasteiger partial charge in [0.05, 0.1) is 12.2 Å². The summed E-state index contributed by atoms with van der Waals surface area (Å²) >= 11 is 0. The second-order valence-electron chi connectivity index (χ2n) is 9.43. The van der Waals surface area contributed by atoms with Crippen LogP contribution in [0.1, 0.15) is 49.9 Å². The number of aromatic nitrogens is 6. The molecule has 37 heavy (non-hydrogen) atoms. The van der Waals surface area contributed by atoms with E-state index < -0.39 is 5.82 Å². The van der Waals surface area contributed by atoms with E-state index in [2.05, 4.69) is 27.5 Å². The molecule has 0 atom stereocenters. The number of benzene rings is 3. The number of halogens is 1. The molecule has 1 N–H and O–H groups in total. The topological polar surface area (TPSA) is 81.4 Å². The lowest BCUT2D eigenvalue weighted by atomic mass is 9.98. The Morgan fingerprint density at radius 1 is 0.973 bits per heavy atom. The molecule has 0 saturated heterocycles. The van der Waals surface area contributed by atoms with Crippen LogP contribution in [0.25, 0.3) is 28.2 Å². The van der Waals surface area contributed by atoms with Crippen LogP contribution in [0, 0.1) is 5.82 Å². The SMILES string of the molecule is CCCc1cn(-c2c(F)cccc2C(C)C)c(=O)n1Cc1ccc(-c2ccccc2-c2nnn[nH]2)cc1. The molecule has 0 aliphatic carbocycles. The van der Waals surface area contributed by atoms with E-state index in [0.29, 0.717) is 18.1 Å². The van der Waals surface area contributed by atoms with E-state index in [4.69, 9.17) is 0 Å². The highest BCUT2D eigenvalue weighted by Gasteiger charge is 2.19. The number of imidazole rings is 1. The highest BCUT2D eigenvalue weighted by Crippen LogP contribution is 2.30. The van der Waals surface area contributed by atoms with Gasteiger partial charge in [-0.3, -0.25) is 9.13 Å². The average molecular weight is 497 g/mol. The summed E-state index contributed by atoms with van der Waals surface area (Å²) in [5, 5.41) is 14.3. The number of hydrogen-bond acceptors (Lipinski definition) is 4. The van der Waals surface area contributed by atoms with Gasteiger partial charge in [0.15, 0.2) is 5.82 Å². The zero-order valence-corrected chi connectivity index (χ0v) is 21.1. The summed E-state index contributed by atoms with van der Waals surface area (Å²) in [6, 6.07) is 21.0. The standard InChI is InChI=1S/C29H29FN6O/c1-4-8-22-18-36(27-23(19(2)3)11-7-12-26(27)30)29(37)35(22)17-20-13-15-21(16-14-20)24-9-5-6-10-25(24)28-31-33-34-32-28/h5-7,9-16,18-19H,4,8,17H2,1-3H3,(H,31,32,33,34). The smallest absolute Gasteiger partial charge is 0.292 e. The first-order valence-electron chi connectivity index (χ1n) is 12.5. The Bertz CT molecular complexity index is 1570. The van der Waals surface area contributed by atoms with E-state index in [0.717, 1.165) is 46.4 Å². The number of nitrogens with one attached hydrogen (secondary N) is 1. The van der Waals surface area contributed by atoms with Crippen LogP contribution in [0.2, 0.25) is 0 Å². The predicted octanol–water partition coefficient (Wildman–Crippen LogP) is 5.75. The van der Waals surface area contributed by atoms with Crippen molar-refractivity contribution in [1.29, 1.82) is 0 Å². The molecule has 188 valence electrons. The molecule has 0 spiro atoms. The quantitative estimate of drug-likeness (QED) is 0.297. The van der Waals surface area contributed by atoms with E-state index in [1.54, 1.807) is 16.8 Å². The molecular formula is C29H29FN6O. The Morgan fingerprint density at radius 3 is 2.41 bits per heavy atom. The average Bonchev–Trinajstić information content (AvgIpc) is 3.54. The summed E-state index contributed by atoms with van der Waals surface area (Å²) in [5.41, 5.74) is 5.72. The number of aryl methyl sites for hydroxylation is 1. The van der Waals surface area contributed by atoms with E-state index >= 15 is 0 Å². The van der Waals surface area contributed by atoms with Gasteiger partial charge >= 0.3 is 5.69 Å². The Kier molecular flexibility index (Phi) is 6.81. The lowest BCUT2D eigenvalue weighted by Gasteiger charge is -2.13. The molecule has 0 fully saturated rings. The van der Waals surface area contributed by atoms with Crippen molar-refractivity contribution in [1.82, 2.24) is 29.8 Å². The van der Waals surface area contributed by atoms with Gasteiger partial charge in [-0.05, 0) is 51.1 Å². The van der Waals surface area contributed by atoms with Gasteiger partial charge in [0.1, 0.15) is 5.82 Å². The largest absolute Gasteiger partial charge is 0.333 e. The van der Waals surface area contributed by atoms with Crippen molar-refractivity contribution in [2.75, 3.05) is 0 Å². The molecule has 8 heteroatoms. The third kappa shape index (κ3) is 4.74. The van der Waals surface area contributed by atoms with Gasteiger partial charge in [-0.2, -0.15) is 0 Å². The van der Waals surface area contributed by atoms with Crippen LogP contribution >= 0.6 is 0 Å². The molecule has 2 heterocycles. The molecule has 0 aliphatic rings. The van der Waals surface area contributed by atoms with Crippen LogP contribution < -0.4 is 5.69 Å². The number of para-hydroxylation sites is 1. The zero-order chi connectivity index (χ0) is 25.9. The fraction of sp³-hybridized carbons (Fsp3) is 0.241.